The Hall–Kier alpha value is -1.54. The molecule has 114 valence electrons. The van der Waals surface area contributed by atoms with E-state index in [1.807, 2.05) is 0 Å². The molecule has 0 bridgehead atoms. The number of halogens is 1. The van der Waals surface area contributed by atoms with Crippen molar-refractivity contribution in [1.82, 2.24) is 5.32 Å². The van der Waals surface area contributed by atoms with Gasteiger partial charge < -0.3 is 20.3 Å². The maximum atomic E-state index is 14.0. The van der Waals surface area contributed by atoms with Crippen molar-refractivity contribution in [3.63, 3.8) is 0 Å². The van der Waals surface area contributed by atoms with Crippen LogP contribution < -0.4 is 5.32 Å². The van der Waals surface area contributed by atoms with E-state index in [0.717, 1.165) is 11.3 Å². The molecule has 0 aliphatic heterocycles. The second kappa shape index (κ2) is 6.95. The zero-order valence-corrected chi connectivity index (χ0v) is 12.2. The molecule has 0 aliphatic carbocycles. The first kappa shape index (κ1) is 15.8. The fourth-order valence-electron chi connectivity index (χ4n) is 2.13. The Morgan fingerprint density at radius 3 is 2.90 bits per heavy atom. The van der Waals surface area contributed by atoms with Gasteiger partial charge in [-0.15, -0.1) is 11.3 Å². The smallest absolute Gasteiger partial charge is 0.346 e. The van der Waals surface area contributed by atoms with Crippen LogP contribution in [-0.2, 0) is 11.3 Å². The number of hydrogen-bond acceptors (Lipinski definition) is 5. The summed E-state index contributed by atoms with van der Waals surface area (Å²) in [5.41, 5.74) is 0.398. The minimum atomic E-state index is -1.08. The molecule has 0 spiro atoms. The van der Waals surface area contributed by atoms with Gasteiger partial charge in [0.05, 0.1) is 19.3 Å². The van der Waals surface area contributed by atoms with Crippen molar-refractivity contribution < 1.29 is 24.1 Å². The molecule has 7 heteroatoms. The summed E-state index contributed by atoms with van der Waals surface area (Å²) in [6.07, 6.45) is 0. The highest BCUT2D eigenvalue weighted by Gasteiger charge is 2.20. The first-order chi connectivity index (χ1) is 10.1. The standard InChI is InChI=1S/C14H16FNO4S/c1-20-7-8(6-17)16-5-9-12-10(15)3-2-4-11(12)21-13(9)14(18)19/h2-4,8,16-17H,5-7H2,1H3,(H,18,19). The molecule has 0 fully saturated rings. The summed E-state index contributed by atoms with van der Waals surface area (Å²) in [5.74, 6) is -1.53. The van der Waals surface area contributed by atoms with Crippen LogP contribution in [0.5, 0.6) is 0 Å². The molecule has 1 aromatic heterocycles. The van der Waals surface area contributed by atoms with Crippen LogP contribution in [0.1, 0.15) is 15.2 Å². The molecular weight excluding hydrogens is 297 g/mol. The van der Waals surface area contributed by atoms with E-state index in [1.165, 1.54) is 13.2 Å². The normalized spacial score (nSPS) is 12.7. The number of carbonyl (C=O) groups is 1. The highest BCUT2D eigenvalue weighted by Crippen LogP contribution is 2.33. The van der Waals surface area contributed by atoms with E-state index in [-0.39, 0.29) is 30.7 Å². The first-order valence-electron chi connectivity index (χ1n) is 6.34. The van der Waals surface area contributed by atoms with Crippen LogP contribution in [0, 0.1) is 5.82 Å². The van der Waals surface area contributed by atoms with Crippen molar-refractivity contribution in [1.29, 1.82) is 0 Å². The number of nitrogens with one attached hydrogen (secondary N) is 1. The van der Waals surface area contributed by atoms with Gasteiger partial charge in [0.15, 0.2) is 0 Å². The summed E-state index contributed by atoms with van der Waals surface area (Å²) in [7, 11) is 1.51. The molecule has 1 aromatic carbocycles. The molecule has 21 heavy (non-hydrogen) atoms. The second-order valence-corrected chi connectivity index (χ2v) is 5.60. The monoisotopic (exact) mass is 313 g/mol. The highest BCUT2D eigenvalue weighted by molar-refractivity contribution is 7.21. The number of aliphatic hydroxyl groups excluding tert-OH is 1. The lowest BCUT2D eigenvalue weighted by Gasteiger charge is -2.15. The molecule has 1 atom stereocenters. The van der Waals surface area contributed by atoms with E-state index in [0.29, 0.717) is 15.6 Å². The van der Waals surface area contributed by atoms with Crippen molar-refractivity contribution >= 4 is 27.4 Å². The Labute approximate surface area is 125 Å². The van der Waals surface area contributed by atoms with Crippen molar-refractivity contribution in [3.8, 4) is 0 Å². The van der Waals surface area contributed by atoms with Crippen molar-refractivity contribution in [3.05, 3.63) is 34.5 Å². The largest absolute Gasteiger partial charge is 0.477 e. The molecule has 2 aromatic rings. The van der Waals surface area contributed by atoms with Crippen LogP contribution in [0.25, 0.3) is 10.1 Å². The van der Waals surface area contributed by atoms with Gasteiger partial charge in [-0.25, -0.2) is 9.18 Å². The molecular formula is C14H16FNO4S. The maximum Gasteiger partial charge on any atom is 0.346 e. The van der Waals surface area contributed by atoms with Crippen molar-refractivity contribution in [2.45, 2.75) is 12.6 Å². The molecule has 0 saturated carbocycles. The number of carboxylic acids is 1. The van der Waals surface area contributed by atoms with Crippen LogP contribution in [0.2, 0.25) is 0 Å². The number of hydrogen-bond donors (Lipinski definition) is 3. The molecule has 0 saturated heterocycles. The van der Waals surface area contributed by atoms with Gasteiger partial charge in [-0.1, -0.05) is 6.07 Å². The van der Waals surface area contributed by atoms with E-state index in [4.69, 9.17) is 4.74 Å². The predicted molar refractivity (Wildman–Crippen MR) is 78.3 cm³/mol. The molecule has 0 aliphatic rings. The minimum absolute atomic E-state index is 0.108. The maximum absolute atomic E-state index is 14.0. The Morgan fingerprint density at radius 2 is 2.29 bits per heavy atom. The number of aromatic carboxylic acids is 1. The lowest BCUT2D eigenvalue weighted by atomic mass is 10.1. The molecule has 5 nitrogen and oxygen atoms in total. The van der Waals surface area contributed by atoms with E-state index in [1.54, 1.807) is 12.1 Å². The van der Waals surface area contributed by atoms with Crippen molar-refractivity contribution in [2.24, 2.45) is 0 Å². The molecule has 1 unspecified atom stereocenters. The molecule has 1 heterocycles. The Kier molecular flexibility index (Phi) is 5.24. The van der Waals surface area contributed by atoms with Crippen LogP contribution >= 0.6 is 11.3 Å². The zero-order valence-electron chi connectivity index (χ0n) is 11.4. The number of aliphatic hydroxyl groups is 1. The average molecular weight is 313 g/mol. The topological polar surface area (TPSA) is 78.8 Å². The minimum Gasteiger partial charge on any atom is -0.477 e. The summed E-state index contributed by atoms with van der Waals surface area (Å²) >= 11 is 1.05. The zero-order chi connectivity index (χ0) is 15.4. The van der Waals surface area contributed by atoms with Crippen molar-refractivity contribution in [2.75, 3.05) is 20.3 Å². The summed E-state index contributed by atoms with van der Waals surface area (Å²) < 4.78 is 19.5. The summed E-state index contributed by atoms with van der Waals surface area (Å²) in [6, 6.07) is 4.22. The van der Waals surface area contributed by atoms with Crippen LogP contribution in [0.3, 0.4) is 0 Å². The van der Waals surface area contributed by atoms with Gasteiger partial charge in [-0.2, -0.15) is 0 Å². The summed E-state index contributed by atoms with van der Waals surface area (Å²) in [5, 5.41) is 21.8. The van der Waals surface area contributed by atoms with Gasteiger partial charge in [0.2, 0.25) is 0 Å². The highest BCUT2D eigenvalue weighted by atomic mass is 32.1. The Balaban J connectivity index is 2.36. The summed E-state index contributed by atoms with van der Waals surface area (Å²) in [6.45, 7) is 0.279. The fourth-order valence-corrected chi connectivity index (χ4v) is 3.21. The predicted octanol–water partition coefficient (Wildman–Crippen LogP) is 1.84. The number of benzene rings is 1. The molecule has 0 amide bonds. The van der Waals surface area contributed by atoms with E-state index < -0.39 is 11.8 Å². The number of fused-ring (bicyclic) bond motifs is 1. The Morgan fingerprint density at radius 1 is 1.52 bits per heavy atom. The quantitative estimate of drug-likeness (QED) is 0.727. The van der Waals surface area contributed by atoms with Gasteiger partial charge in [-0.05, 0) is 12.1 Å². The molecule has 0 radical (unpaired) electrons. The lowest BCUT2D eigenvalue weighted by molar-refractivity contribution is 0.0701. The van der Waals surface area contributed by atoms with Gasteiger partial charge in [0, 0.05) is 29.3 Å². The number of methoxy groups -OCH3 is 1. The van der Waals surface area contributed by atoms with Gasteiger partial charge >= 0.3 is 5.97 Å². The summed E-state index contributed by atoms with van der Waals surface area (Å²) in [4.78, 5) is 11.4. The van der Waals surface area contributed by atoms with E-state index in [2.05, 4.69) is 5.32 Å². The third kappa shape index (κ3) is 3.38. The molecule has 2 rings (SSSR count). The average Bonchev–Trinajstić information content (AvgIpc) is 2.84. The van der Waals surface area contributed by atoms with Crippen LogP contribution in [0.15, 0.2) is 18.2 Å². The third-order valence-electron chi connectivity index (χ3n) is 3.11. The van der Waals surface area contributed by atoms with Crippen LogP contribution in [0.4, 0.5) is 4.39 Å². The van der Waals surface area contributed by atoms with Crippen LogP contribution in [-0.4, -0.2) is 42.5 Å². The number of thiophene rings is 1. The first-order valence-corrected chi connectivity index (χ1v) is 7.16. The number of carboxylic acid groups (broad SMARTS) is 1. The SMILES string of the molecule is COCC(CO)NCc1c(C(=O)O)sc2cccc(F)c12. The lowest BCUT2D eigenvalue weighted by Crippen LogP contribution is -2.36. The van der Waals surface area contributed by atoms with Gasteiger partial charge in [0.1, 0.15) is 10.7 Å². The number of ether oxygens (including phenoxy) is 1. The fraction of sp³-hybridized carbons (Fsp3) is 0.357. The van der Waals surface area contributed by atoms with E-state index >= 15 is 0 Å². The second-order valence-electron chi connectivity index (χ2n) is 4.54. The Bertz CT molecular complexity index is 643. The van der Waals surface area contributed by atoms with E-state index in [9.17, 15) is 19.4 Å². The molecule has 3 N–H and O–H groups in total. The van der Waals surface area contributed by atoms with Gasteiger partial charge in [0.25, 0.3) is 0 Å². The van der Waals surface area contributed by atoms with Gasteiger partial charge in [-0.3, -0.25) is 0 Å². The number of rotatable bonds is 7. The third-order valence-corrected chi connectivity index (χ3v) is 4.30.